The van der Waals surface area contributed by atoms with Crippen LogP contribution in [0.4, 0.5) is 0 Å². The van der Waals surface area contributed by atoms with Crippen LogP contribution in [-0.2, 0) is 9.84 Å². The highest BCUT2D eigenvalue weighted by molar-refractivity contribution is 7.92. The maximum absolute atomic E-state index is 11.9. The summed E-state index contributed by atoms with van der Waals surface area (Å²) in [6, 6.07) is 17.3. The lowest BCUT2D eigenvalue weighted by molar-refractivity contribution is 0.566. The highest BCUT2D eigenvalue weighted by Crippen LogP contribution is 2.24. The molecule has 2 aromatic carbocycles. The number of nitrogens with two attached hydrogens (primary N) is 1. The molecule has 0 aromatic heterocycles. The zero-order chi connectivity index (χ0) is 15.5. The van der Waals surface area contributed by atoms with E-state index in [0.717, 1.165) is 16.7 Å². The first-order valence-corrected chi connectivity index (χ1v) is 8.79. The molecule has 0 heterocycles. The van der Waals surface area contributed by atoms with Crippen molar-refractivity contribution in [2.45, 2.75) is 25.1 Å². The first-order valence-electron chi connectivity index (χ1n) is 7.08. The quantitative estimate of drug-likeness (QED) is 0.923. The Hall–Kier alpha value is -1.65. The highest BCUT2D eigenvalue weighted by atomic mass is 32.2. The van der Waals surface area contributed by atoms with Crippen LogP contribution in [0.2, 0.25) is 0 Å². The lowest BCUT2D eigenvalue weighted by atomic mass is 10.00. The van der Waals surface area contributed by atoms with Crippen molar-refractivity contribution in [3.8, 4) is 11.1 Å². The van der Waals surface area contributed by atoms with E-state index < -0.39 is 21.1 Å². The van der Waals surface area contributed by atoms with Gasteiger partial charge in [-0.2, -0.15) is 0 Å². The number of sulfone groups is 1. The van der Waals surface area contributed by atoms with Gasteiger partial charge in [0.1, 0.15) is 0 Å². The molecule has 0 amide bonds. The first-order chi connectivity index (χ1) is 9.95. The molecule has 0 bridgehead atoms. The van der Waals surface area contributed by atoms with Crippen molar-refractivity contribution in [3.63, 3.8) is 0 Å². The zero-order valence-electron chi connectivity index (χ0n) is 12.4. The monoisotopic (exact) mass is 303 g/mol. The van der Waals surface area contributed by atoms with Crippen LogP contribution >= 0.6 is 0 Å². The van der Waals surface area contributed by atoms with E-state index in [-0.39, 0.29) is 5.75 Å². The lowest BCUT2D eigenvalue weighted by Crippen LogP contribution is -2.32. The third kappa shape index (κ3) is 3.52. The average molecular weight is 303 g/mol. The third-order valence-corrected chi connectivity index (χ3v) is 6.11. The van der Waals surface area contributed by atoms with Crippen molar-refractivity contribution < 1.29 is 8.42 Å². The SMILES string of the molecule is CCS(=O)(=O)[C@@H](C)[C@@H](N)c1ccc(-c2ccccc2)cc1. The second-order valence-electron chi connectivity index (χ2n) is 5.17. The van der Waals surface area contributed by atoms with Gasteiger partial charge in [-0.1, -0.05) is 61.5 Å². The van der Waals surface area contributed by atoms with E-state index in [9.17, 15) is 8.42 Å². The average Bonchev–Trinajstić information content (AvgIpc) is 2.54. The van der Waals surface area contributed by atoms with E-state index in [1.54, 1.807) is 13.8 Å². The molecule has 2 aromatic rings. The van der Waals surface area contributed by atoms with Gasteiger partial charge in [0, 0.05) is 11.8 Å². The summed E-state index contributed by atoms with van der Waals surface area (Å²) in [6.45, 7) is 3.33. The second kappa shape index (κ2) is 6.41. The Morgan fingerprint density at radius 2 is 1.48 bits per heavy atom. The molecule has 0 aliphatic rings. The van der Waals surface area contributed by atoms with Crippen LogP contribution in [-0.4, -0.2) is 19.4 Å². The summed E-state index contributed by atoms with van der Waals surface area (Å²) >= 11 is 0. The minimum Gasteiger partial charge on any atom is -0.323 e. The molecule has 3 nitrogen and oxygen atoms in total. The molecule has 4 heteroatoms. The van der Waals surface area contributed by atoms with Crippen molar-refractivity contribution in [3.05, 3.63) is 60.2 Å². The molecule has 0 fully saturated rings. The van der Waals surface area contributed by atoms with Crippen LogP contribution < -0.4 is 5.73 Å². The minimum atomic E-state index is -3.13. The van der Waals surface area contributed by atoms with Gasteiger partial charge in [-0.05, 0) is 23.6 Å². The van der Waals surface area contributed by atoms with Gasteiger partial charge in [-0.25, -0.2) is 8.42 Å². The molecule has 21 heavy (non-hydrogen) atoms. The van der Waals surface area contributed by atoms with Crippen LogP contribution in [0, 0.1) is 0 Å². The van der Waals surface area contributed by atoms with Crippen molar-refractivity contribution in [2.24, 2.45) is 5.73 Å². The maximum Gasteiger partial charge on any atom is 0.154 e. The van der Waals surface area contributed by atoms with Crippen molar-refractivity contribution in [2.75, 3.05) is 5.75 Å². The van der Waals surface area contributed by atoms with E-state index in [2.05, 4.69) is 0 Å². The molecule has 0 saturated carbocycles. The fraction of sp³-hybridized carbons (Fsp3) is 0.294. The van der Waals surface area contributed by atoms with Crippen LogP contribution in [0.5, 0.6) is 0 Å². The van der Waals surface area contributed by atoms with E-state index in [1.165, 1.54) is 0 Å². The number of benzene rings is 2. The van der Waals surface area contributed by atoms with Crippen molar-refractivity contribution in [1.29, 1.82) is 0 Å². The predicted molar refractivity (Wildman–Crippen MR) is 87.7 cm³/mol. The van der Waals surface area contributed by atoms with E-state index in [0.29, 0.717) is 0 Å². The standard InChI is InChI=1S/C17H21NO2S/c1-3-21(19,20)13(2)17(18)16-11-9-15(10-12-16)14-7-5-4-6-8-14/h4-13,17H,3,18H2,1-2H3/t13-,17+/m0/s1. The van der Waals surface area contributed by atoms with E-state index in [4.69, 9.17) is 5.73 Å². The van der Waals surface area contributed by atoms with Crippen LogP contribution in [0.1, 0.15) is 25.5 Å². The number of hydrogen-bond donors (Lipinski definition) is 1. The fourth-order valence-corrected chi connectivity index (χ4v) is 3.42. The molecule has 112 valence electrons. The van der Waals surface area contributed by atoms with Gasteiger partial charge in [-0.3, -0.25) is 0 Å². The van der Waals surface area contributed by atoms with Gasteiger partial charge < -0.3 is 5.73 Å². The Balaban J connectivity index is 2.23. The predicted octanol–water partition coefficient (Wildman–Crippen LogP) is 3.18. The van der Waals surface area contributed by atoms with Crippen LogP contribution in [0.15, 0.2) is 54.6 Å². The molecule has 0 unspecified atom stereocenters. The summed E-state index contributed by atoms with van der Waals surface area (Å²) in [6.07, 6.45) is 0. The van der Waals surface area contributed by atoms with Crippen molar-refractivity contribution in [1.82, 2.24) is 0 Å². The fourth-order valence-electron chi connectivity index (χ4n) is 2.29. The molecule has 0 spiro atoms. The van der Waals surface area contributed by atoms with Crippen LogP contribution in [0.3, 0.4) is 0 Å². The topological polar surface area (TPSA) is 60.2 Å². The summed E-state index contributed by atoms with van der Waals surface area (Å²) in [5.41, 5.74) is 9.18. The normalized spacial score (nSPS) is 14.6. The second-order valence-corrected chi connectivity index (χ2v) is 7.82. The highest BCUT2D eigenvalue weighted by Gasteiger charge is 2.26. The first kappa shape index (κ1) is 15.7. The number of hydrogen-bond acceptors (Lipinski definition) is 3. The summed E-state index contributed by atoms with van der Waals surface area (Å²) in [4.78, 5) is 0. The zero-order valence-corrected chi connectivity index (χ0v) is 13.2. The summed E-state index contributed by atoms with van der Waals surface area (Å²) in [5.74, 6) is 0.115. The van der Waals surface area contributed by atoms with Gasteiger partial charge in [0.2, 0.25) is 0 Å². The largest absolute Gasteiger partial charge is 0.323 e. The Bertz CT molecular complexity index is 678. The van der Waals surface area contributed by atoms with E-state index >= 15 is 0 Å². The molecule has 0 saturated heterocycles. The Labute approximate surface area is 126 Å². The Kier molecular flexibility index (Phi) is 4.80. The van der Waals surface area contributed by atoms with Gasteiger partial charge in [0.25, 0.3) is 0 Å². The van der Waals surface area contributed by atoms with Gasteiger partial charge >= 0.3 is 0 Å². The molecule has 0 radical (unpaired) electrons. The molecule has 2 rings (SSSR count). The van der Waals surface area contributed by atoms with Gasteiger partial charge in [-0.15, -0.1) is 0 Å². The van der Waals surface area contributed by atoms with Crippen molar-refractivity contribution >= 4 is 9.84 Å². The molecule has 0 aliphatic heterocycles. The smallest absolute Gasteiger partial charge is 0.154 e. The molecule has 0 aliphatic carbocycles. The van der Waals surface area contributed by atoms with Crippen LogP contribution in [0.25, 0.3) is 11.1 Å². The Morgan fingerprint density at radius 1 is 0.952 bits per heavy atom. The Morgan fingerprint density at radius 3 is 2.00 bits per heavy atom. The summed E-state index contributed by atoms with van der Waals surface area (Å²) in [7, 11) is -3.13. The molecule has 2 atom stereocenters. The van der Waals surface area contributed by atoms with E-state index in [1.807, 2.05) is 54.6 Å². The molecule has 2 N–H and O–H groups in total. The molecular formula is C17H21NO2S. The third-order valence-electron chi connectivity index (χ3n) is 3.88. The summed E-state index contributed by atoms with van der Waals surface area (Å²) < 4.78 is 23.8. The summed E-state index contributed by atoms with van der Waals surface area (Å²) in [5, 5.41) is -0.579. The minimum absolute atomic E-state index is 0.115. The lowest BCUT2D eigenvalue weighted by Gasteiger charge is -2.20. The molecular weight excluding hydrogens is 282 g/mol. The van der Waals surface area contributed by atoms with Gasteiger partial charge in [0.05, 0.1) is 5.25 Å². The number of rotatable bonds is 5. The van der Waals surface area contributed by atoms with Gasteiger partial charge in [0.15, 0.2) is 9.84 Å². The maximum atomic E-state index is 11.9.